The maximum absolute atomic E-state index is 14.6. The fourth-order valence-electron chi connectivity index (χ4n) is 4.70. The van der Waals surface area contributed by atoms with Gasteiger partial charge in [-0.25, -0.2) is 9.37 Å². The number of hydrogen-bond donors (Lipinski definition) is 3. The van der Waals surface area contributed by atoms with E-state index in [0.29, 0.717) is 64.1 Å². The summed E-state index contributed by atoms with van der Waals surface area (Å²) >= 11 is 6.35. The van der Waals surface area contributed by atoms with Crippen LogP contribution in [0.4, 0.5) is 15.9 Å². The summed E-state index contributed by atoms with van der Waals surface area (Å²) in [5.41, 5.74) is 1.82. The quantitative estimate of drug-likeness (QED) is 0.476. The maximum atomic E-state index is 14.6. The van der Waals surface area contributed by atoms with E-state index in [2.05, 4.69) is 25.9 Å². The van der Waals surface area contributed by atoms with Gasteiger partial charge in [0.2, 0.25) is 0 Å². The standard InChI is InChI=1S/C24H26ClFN6O3/c1-32-21(34)7-6-17-23(32)22(16(26)10-28-17)29-9-13-2-4-14(5-3-13)27-11-18-15(25)8-19-24(30-18)31-20(33)12-35-19/h6-8,10,13-14,27H,2-5,9,11-12H2,1H3,(H,28,29)(H,30,31,33). The molecule has 5 rings (SSSR count). The van der Waals surface area contributed by atoms with Crippen LogP contribution >= 0.6 is 11.6 Å². The third kappa shape index (κ3) is 4.94. The molecule has 1 aliphatic heterocycles. The van der Waals surface area contributed by atoms with Gasteiger partial charge in [0.1, 0.15) is 0 Å². The molecule has 1 fully saturated rings. The second-order valence-corrected chi connectivity index (χ2v) is 9.43. The van der Waals surface area contributed by atoms with E-state index in [1.54, 1.807) is 19.2 Å². The highest BCUT2D eigenvalue weighted by atomic mass is 35.5. The van der Waals surface area contributed by atoms with Crippen molar-refractivity contribution < 1.29 is 13.9 Å². The number of ether oxygens (including phenoxy) is 1. The number of anilines is 2. The normalized spacial score (nSPS) is 19.7. The lowest BCUT2D eigenvalue weighted by Crippen LogP contribution is -2.34. The van der Waals surface area contributed by atoms with Gasteiger partial charge in [0.05, 0.1) is 33.6 Å². The van der Waals surface area contributed by atoms with Crippen LogP contribution in [0.1, 0.15) is 31.4 Å². The first-order chi connectivity index (χ1) is 16.9. The van der Waals surface area contributed by atoms with Crippen molar-refractivity contribution in [1.29, 1.82) is 0 Å². The second-order valence-electron chi connectivity index (χ2n) is 9.03. The molecule has 0 saturated heterocycles. The number of aryl methyl sites for hydroxylation is 1. The van der Waals surface area contributed by atoms with Gasteiger partial charge >= 0.3 is 0 Å². The molecule has 0 radical (unpaired) electrons. The number of halogens is 2. The molecule has 0 aromatic carbocycles. The van der Waals surface area contributed by atoms with Crippen LogP contribution in [0.5, 0.6) is 5.75 Å². The molecule has 3 N–H and O–H groups in total. The first-order valence-electron chi connectivity index (χ1n) is 11.6. The zero-order valence-electron chi connectivity index (χ0n) is 19.2. The van der Waals surface area contributed by atoms with Gasteiger partial charge < -0.3 is 25.3 Å². The minimum absolute atomic E-state index is 0.0388. The van der Waals surface area contributed by atoms with Gasteiger partial charge in [-0.05, 0) is 37.7 Å². The van der Waals surface area contributed by atoms with Gasteiger partial charge in [-0.15, -0.1) is 0 Å². The number of carbonyl (C=O) groups is 1. The van der Waals surface area contributed by atoms with Gasteiger partial charge in [-0.2, -0.15) is 0 Å². The summed E-state index contributed by atoms with van der Waals surface area (Å²) in [6.45, 7) is 1.06. The summed E-state index contributed by atoms with van der Waals surface area (Å²) in [5.74, 6) is 0.551. The van der Waals surface area contributed by atoms with Crippen LogP contribution in [-0.4, -0.2) is 39.6 Å². The zero-order chi connectivity index (χ0) is 24.5. The van der Waals surface area contributed by atoms with Crippen molar-refractivity contribution in [1.82, 2.24) is 19.9 Å². The van der Waals surface area contributed by atoms with E-state index in [1.807, 2.05) is 0 Å². The van der Waals surface area contributed by atoms with Crippen molar-refractivity contribution in [2.45, 2.75) is 38.3 Å². The molecule has 1 amide bonds. The number of nitrogens with zero attached hydrogens (tertiary/aromatic N) is 3. The van der Waals surface area contributed by atoms with Crippen molar-refractivity contribution in [2.24, 2.45) is 13.0 Å². The Morgan fingerprint density at radius 1 is 1.26 bits per heavy atom. The van der Waals surface area contributed by atoms with Gasteiger partial charge in [0.25, 0.3) is 11.5 Å². The van der Waals surface area contributed by atoms with Crippen LogP contribution in [0.25, 0.3) is 11.0 Å². The van der Waals surface area contributed by atoms with Crippen LogP contribution in [0, 0.1) is 11.7 Å². The highest BCUT2D eigenvalue weighted by Gasteiger charge is 2.24. The summed E-state index contributed by atoms with van der Waals surface area (Å²) in [5, 5.41) is 9.94. The summed E-state index contributed by atoms with van der Waals surface area (Å²) in [4.78, 5) is 32.1. The predicted octanol–water partition coefficient (Wildman–Crippen LogP) is 3.21. The Bertz CT molecular complexity index is 1340. The smallest absolute Gasteiger partial charge is 0.263 e. The van der Waals surface area contributed by atoms with Crippen molar-refractivity contribution in [3.05, 3.63) is 51.3 Å². The molecule has 11 heteroatoms. The molecule has 0 atom stereocenters. The topological polar surface area (TPSA) is 110 Å². The lowest BCUT2D eigenvalue weighted by Gasteiger charge is -2.30. The Morgan fingerprint density at radius 3 is 2.86 bits per heavy atom. The number of fused-ring (bicyclic) bond motifs is 2. The molecule has 3 aromatic heterocycles. The monoisotopic (exact) mass is 500 g/mol. The summed E-state index contributed by atoms with van der Waals surface area (Å²) in [6, 6.07) is 5.04. The first kappa shape index (κ1) is 23.5. The fourth-order valence-corrected chi connectivity index (χ4v) is 4.91. The van der Waals surface area contributed by atoms with E-state index in [1.165, 1.54) is 16.8 Å². The average molecular weight is 501 g/mol. The lowest BCUT2D eigenvalue weighted by molar-refractivity contribution is -0.118. The summed E-state index contributed by atoms with van der Waals surface area (Å²) in [7, 11) is 1.62. The minimum atomic E-state index is -0.468. The second kappa shape index (κ2) is 9.79. The number of nitrogens with one attached hydrogen (secondary N) is 3. The molecule has 2 aliphatic rings. The van der Waals surface area contributed by atoms with Crippen molar-refractivity contribution >= 4 is 40.0 Å². The Kier molecular flexibility index (Phi) is 6.57. The lowest BCUT2D eigenvalue weighted by atomic mass is 9.86. The maximum Gasteiger partial charge on any atom is 0.263 e. The van der Waals surface area contributed by atoms with Crippen molar-refractivity contribution in [2.75, 3.05) is 23.8 Å². The molecular formula is C24H26ClFN6O3. The van der Waals surface area contributed by atoms with Gasteiger partial charge in [-0.3, -0.25) is 14.6 Å². The van der Waals surface area contributed by atoms with E-state index >= 15 is 0 Å². The van der Waals surface area contributed by atoms with E-state index in [-0.39, 0.29) is 18.1 Å². The highest BCUT2D eigenvalue weighted by molar-refractivity contribution is 6.31. The van der Waals surface area contributed by atoms with Crippen molar-refractivity contribution in [3.8, 4) is 5.75 Å². The highest BCUT2D eigenvalue weighted by Crippen LogP contribution is 2.31. The molecule has 1 aliphatic carbocycles. The molecule has 1 saturated carbocycles. The van der Waals surface area contributed by atoms with Crippen LogP contribution < -0.4 is 26.2 Å². The molecular weight excluding hydrogens is 475 g/mol. The number of pyridine rings is 3. The molecule has 184 valence electrons. The van der Waals surface area contributed by atoms with E-state index in [0.717, 1.165) is 25.7 Å². The largest absolute Gasteiger partial charge is 0.480 e. The van der Waals surface area contributed by atoms with E-state index < -0.39 is 5.82 Å². The van der Waals surface area contributed by atoms with Crippen LogP contribution in [-0.2, 0) is 18.4 Å². The summed E-state index contributed by atoms with van der Waals surface area (Å²) in [6.07, 6.45) is 5.07. The Morgan fingerprint density at radius 2 is 2.06 bits per heavy atom. The third-order valence-electron chi connectivity index (χ3n) is 6.69. The van der Waals surface area contributed by atoms with E-state index in [4.69, 9.17) is 16.3 Å². The molecule has 3 aromatic rings. The number of carbonyl (C=O) groups excluding carboxylic acids is 1. The fraction of sp³-hybridized carbons (Fsp3) is 0.417. The van der Waals surface area contributed by atoms with Crippen LogP contribution in [0.15, 0.2) is 29.2 Å². The van der Waals surface area contributed by atoms with E-state index in [9.17, 15) is 14.0 Å². The van der Waals surface area contributed by atoms with Crippen molar-refractivity contribution in [3.63, 3.8) is 0 Å². The van der Waals surface area contributed by atoms with Gasteiger partial charge in [-0.1, -0.05) is 11.6 Å². The zero-order valence-corrected chi connectivity index (χ0v) is 20.0. The molecule has 35 heavy (non-hydrogen) atoms. The van der Waals surface area contributed by atoms with Gasteiger partial charge in [0.15, 0.2) is 24.0 Å². The molecule has 9 nitrogen and oxygen atoms in total. The first-order valence-corrected chi connectivity index (χ1v) is 12.0. The summed E-state index contributed by atoms with van der Waals surface area (Å²) < 4.78 is 21.3. The number of amides is 1. The number of hydrogen-bond acceptors (Lipinski definition) is 7. The Hall–Kier alpha value is -3.24. The van der Waals surface area contributed by atoms with Crippen LogP contribution in [0.2, 0.25) is 5.02 Å². The molecule has 4 heterocycles. The number of rotatable bonds is 6. The number of aromatic nitrogens is 3. The molecule has 0 spiro atoms. The Labute approximate surface area is 206 Å². The Balaban J connectivity index is 1.16. The molecule has 0 bridgehead atoms. The third-order valence-corrected chi connectivity index (χ3v) is 7.01. The average Bonchev–Trinajstić information content (AvgIpc) is 2.85. The molecule has 0 unspecified atom stereocenters. The minimum Gasteiger partial charge on any atom is -0.480 e. The predicted molar refractivity (Wildman–Crippen MR) is 131 cm³/mol. The van der Waals surface area contributed by atoms with Gasteiger partial charge in [0, 0.05) is 38.3 Å². The SMILES string of the molecule is Cn1c(=O)ccc2ncc(F)c(NCC3CCC(NCc4nc5c(cc4Cl)OCC(=O)N5)CC3)c21. The van der Waals surface area contributed by atoms with Crippen LogP contribution in [0.3, 0.4) is 0 Å².